The van der Waals surface area contributed by atoms with E-state index in [1.54, 1.807) is 30.3 Å². The van der Waals surface area contributed by atoms with Crippen molar-refractivity contribution >= 4 is 22.7 Å². The lowest BCUT2D eigenvalue weighted by Gasteiger charge is -2.10. The Bertz CT molecular complexity index is 1080. The van der Waals surface area contributed by atoms with Gasteiger partial charge in [-0.2, -0.15) is 0 Å². The van der Waals surface area contributed by atoms with Gasteiger partial charge in [0.05, 0.1) is 0 Å². The molecule has 3 aromatic rings. The monoisotopic (exact) mass is 349 g/mol. The molecule has 0 amide bonds. The SMILES string of the molecule is Cc1cc(C)c(C(=O)COC(=O)c2cc(=O)c3ccccc3[nH]2)cc1C. The summed E-state index contributed by atoms with van der Waals surface area (Å²) in [7, 11) is 0. The fourth-order valence-electron chi connectivity index (χ4n) is 2.85. The Morgan fingerprint density at radius 2 is 1.65 bits per heavy atom. The van der Waals surface area contributed by atoms with Gasteiger partial charge in [0.15, 0.2) is 12.0 Å². The van der Waals surface area contributed by atoms with Gasteiger partial charge in [0.1, 0.15) is 5.69 Å². The maximum absolute atomic E-state index is 12.4. The van der Waals surface area contributed by atoms with Crippen LogP contribution in [0.2, 0.25) is 0 Å². The molecule has 5 heteroatoms. The number of aromatic amines is 1. The van der Waals surface area contributed by atoms with Crippen LogP contribution in [0.4, 0.5) is 0 Å². The van der Waals surface area contributed by atoms with Crippen LogP contribution in [0.3, 0.4) is 0 Å². The molecular weight excluding hydrogens is 330 g/mol. The van der Waals surface area contributed by atoms with Crippen LogP contribution >= 0.6 is 0 Å². The number of nitrogens with one attached hydrogen (secondary N) is 1. The number of carbonyl (C=O) groups excluding carboxylic acids is 2. The van der Waals surface area contributed by atoms with Crippen molar-refractivity contribution in [3.8, 4) is 0 Å². The number of ether oxygens (including phenoxy) is 1. The number of carbonyl (C=O) groups is 2. The molecule has 0 atom stereocenters. The Hall–Kier alpha value is -3.21. The molecular formula is C21H19NO4. The number of ketones is 1. The zero-order valence-corrected chi connectivity index (χ0v) is 14.9. The third-order valence-electron chi connectivity index (χ3n) is 4.43. The summed E-state index contributed by atoms with van der Waals surface area (Å²) in [6.45, 7) is 5.38. The van der Waals surface area contributed by atoms with E-state index >= 15 is 0 Å². The van der Waals surface area contributed by atoms with Crippen LogP contribution in [0.15, 0.2) is 47.3 Å². The number of aryl methyl sites for hydroxylation is 3. The van der Waals surface area contributed by atoms with Gasteiger partial charge >= 0.3 is 5.97 Å². The van der Waals surface area contributed by atoms with Gasteiger partial charge in [0.25, 0.3) is 0 Å². The van der Waals surface area contributed by atoms with Crippen molar-refractivity contribution < 1.29 is 14.3 Å². The van der Waals surface area contributed by atoms with Crippen molar-refractivity contribution in [1.82, 2.24) is 4.98 Å². The van der Waals surface area contributed by atoms with Gasteiger partial charge in [-0.3, -0.25) is 9.59 Å². The minimum atomic E-state index is -0.734. The number of benzene rings is 2. The van der Waals surface area contributed by atoms with E-state index in [0.717, 1.165) is 16.7 Å². The Balaban J connectivity index is 1.78. The molecule has 1 heterocycles. The van der Waals surface area contributed by atoms with E-state index in [9.17, 15) is 14.4 Å². The molecule has 26 heavy (non-hydrogen) atoms. The summed E-state index contributed by atoms with van der Waals surface area (Å²) in [5.74, 6) is -1.01. The molecule has 0 aliphatic carbocycles. The number of esters is 1. The van der Waals surface area contributed by atoms with Crippen LogP contribution < -0.4 is 5.43 Å². The molecule has 0 bridgehead atoms. The number of Topliss-reactive ketones (excluding diaryl/α,β-unsaturated/α-hetero) is 1. The van der Waals surface area contributed by atoms with Crippen LogP contribution in [0, 0.1) is 20.8 Å². The van der Waals surface area contributed by atoms with Gasteiger partial charge in [-0.15, -0.1) is 0 Å². The van der Waals surface area contributed by atoms with Crippen molar-refractivity contribution in [3.63, 3.8) is 0 Å². The van der Waals surface area contributed by atoms with E-state index in [-0.39, 0.29) is 23.5 Å². The van der Waals surface area contributed by atoms with Crippen molar-refractivity contribution in [1.29, 1.82) is 0 Å². The molecule has 132 valence electrons. The van der Waals surface area contributed by atoms with Crippen LogP contribution in [0.1, 0.15) is 37.5 Å². The number of pyridine rings is 1. The molecule has 1 aromatic heterocycles. The van der Waals surface area contributed by atoms with E-state index in [4.69, 9.17) is 4.74 Å². The molecule has 0 saturated heterocycles. The number of para-hydroxylation sites is 1. The second-order valence-electron chi connectivity index (χ2n) is 6.34. The standard InChI is InChI=1S/C21H19NO4/c1-12-8-14(3)16(9-13(12)2)20(24)11-26-21(25)18-10-19(23)15-6-4-5-7-17(15)22-18/h4-10H,11H2,1-3H3,(H,22,23). The molecule has 0 aliphatic rings. The molecule has 0 unspecified atom stereocenters. The highest BCUT2D eigenvalue weighted by atomic mass is 16.5. The maximum atomic E-state index is 12.4. The van der Waals surface area contributed by atoms with Gasteiger partial charge < -0.3 is 9.72 Å². The molecule has 0 saturated carbocycles. The lowest BCUT2D eigenvalue weighted by atomic mass is 9.98. The van der Waals surface area contributed by atoms with Gasteiger partial charge in [-0.05, 0) is 55.7 Å². The number of hydrogen-bond donors (Lipinski definition) is 1. The predicted molar refractivity (Wildman–Crippen MR) is 99.8 cm³/mol. The Morgan fingerprint density at radius 1 is 0.962 bits per heavy atom. The first-order valence-corrected chi connectivity index (χ1v) is 8.27. The third-order valence-corrected chi connectivity index (χ3v) is 4.43. The number of H-pyrrole nitrogens is 1. The minimum Gasteiger partial charge on any atom is -0.453 e. The van der Waals surface area contributed by atoms with Crippen molar-refractivity contribution in [2.45, 2.75) is 20.8 Å². The zero-order valence-electron chi connectivity index (χ0n) is 14.9. The lowest BCUT2D eigenvalue weighted by Crippen LogP contribution is -2.18. The van der Waals surface area contributed by atoms with Crippen LogP contribution in [-0.4, -0.2) is 23.3 Å². The van der Waals surface area contributed by atoms with Crippen LogP contribution in [0.25, 0.3) is 10.9 Å². The van der Waals surface area contributed by atoms with Gasteiger partial charge in [0.2, 0.25) is 5.78 Å². The molecule has 2 aromatic carbocycles. The predicted octanol–water partition coefficient (Wildman–Crippen LogP) is 3.49. The minimum absolute atomic E-state index is 0.0262. The second kappa shape index (κ2) is 6.96. The van der Waals surface area contributed by atoms with Crippen molar-refractivity contribution in [3.05, 3.63) is 80.6 Å². The first-order valence-electron chi connectivity index (χ1n) is 8.27. The highest BCUT2D eigenvalue weighted by Crippen LogP contribution is 2.16. The Labute approximate surface area is 150 Å². The highest BCUT2D eigenvalue weighted by molar-refractivity contribution is 6.00. The summed E-state index contributed by atoms with van der Waals surface area (Å²) in [4.78, 5) is 39.6. The average Bonchev–Trinajstić information content (AvgIpc) is 2.62. The summed E-state index contributed by atoms with van der Waals surface area (Å²) in [6.07, 6.45) is 0. The van der Waals surface area contributed by atoms with E-state index in [2.05, 4.69) is 4.98 Å². The first kappa shape index (κ1) is 17.6. The number of hydrogen-bond acceptors (Lipinski definition) is 4. The van der Waals surface area contributed by atoms with Gasteiger partial charge in [-0.25, -0.2) is 4.79 Å². The fraction of sp³-hybridized carbons (Fsp3) is 0.190. The van der Waals surface area contributed by atoms with Crippen LogP contribution in [0.5, 0.6) is 0 Å². The molecule has 5 nitrogen and oxygen atoms in total. The summed E-state index contributed by atoms with van der Waals surface area (Å²) < 4.78 is 5.11. The largest absolute Gasteiger partial charge is 0.453 e. The van der Waals surface area contributed by atoms with Gasteiger partial charge in [-0.1, -0.05) is 18.2 Å². The first-order chi connectivity index (χ1) is 12.4. The Kier molecular flexibility index (Phi) is 4.71. The van der Waals surface area contributed by atoms with E-state index in [1.807, 2.05) is 26.8 Å². The number of fused-ring (bicyclic) bond motifs is 1. The summed E-state index contributed by atoms with van der Waals surface area (Å²) in [5, 5.41) is 0.492. The average molecular weight is 349 g/mol. The zero-order chi connectivity index (χ0) is 18.8. The molecule has 0 fully saturated rings. The quantitative estimate of drug-likeness (QED) is 0.578. The van der Waals surface area contributed by atoms with E-state index < -0.39 is 5.97 Å². The number of rotatable bonds is 4. The molecule has 1 N–H and O–H groups in total. The molecule has 0 aliphatic heterocycles. The second-order valence-corrected chi connectivity index (χ2v) is 6.34. The molecule has 0 spiro atoms. The number of aromatic nitrogens is 1. The van der Waals surface area contributed by atoms with E-state index in [1.165, 1.54) is 6.07 Å². The Morgan fingerprint density at radius 3 is 2.42 bits per heavy atom. The van der Waals surface area contributed by atoms with Crippen molar-refractivity contribution in [2.75, 3.05) is 6.61 Å². The van der Waals surface area contributed by atoms with Crippen LogP contribution in [-0.2, 0) is 4.74 Å². The summed E-state index contributed by atoms with van der Waals surface area (Å²) in [5.41, 5.74) is 3.78. The fourth-order valence-corrected chi connectivity index (χ4v) is 2.85. The van der Waals surface area contributed by atoms with Gasteiger partial charge in [0, 0.05) is 22.5 Å². The highest BCUT2D eigenvalue weighted by Gasteiger charge is 2.16. The maximum Gasteiger partial charge on any atom is 0.355 e. The third kappa shape index (κ3) is 3.42. The van der Waals surface area contributed by atoms with Crippen molar-refractivity contribution in [2.24, 2.45) is 0 Å². The van der Waals surface area contributed by atoms with E-state index in [0.29, 0.717) is 16.5 Å². The molecule has 0 radical (unpaired) electrons. The smallest absolute Gasteiger partial charge is 0.355 e. The molecule has 3 rings (SSSR count). The summed E-state index contributed by atoms with van der Waals surface area (Å²) >= 11 is 0. The summed E-state index contributed by atoms with van der Waals surface area (Å²) in [6, 6.07) is 11.8. The topological polar surface area (TPSA) is 76.2 Å². The lowest BCUT2D eigenvalue weighted by molar-refractivity contribution is 0.0469. The normalized spacial score (nSPS) is 10.7.